The lowest BCUT2D eigenvalue weighted by molar-refractivity contribution is 0.0693. The van der Waals surface area contributed by atoms with Crippen molar-refractivity contribution < 1.29 is 14.6 Å². The second kappa shape index (κ2) is 5.63. The number of aromatic carboxylic acids is 1. The second-order valence-electron chi connectivity index (χ2n) is 3.95. The summed E-state index contributed by atoms with van der Waals surface area (Å²) >= 11 is 5.89. The molecule has 0 saturated heterocycles. The number of rotatable bonds is 4. The van der Waals surface area contributed by atoms with Gasteiger partial charge in [0.1, 0.15) is 29.6 Å². The highest BCUT2D eigenvalue weighted by molar-refractivity contribution is 6.31. The van der Waals surface area contributed by atoms with Crippen LogP contribution >= 0.6 is 11.6 Å². The third-order valence-electron chi connectivity index (χ3n) is 2.74. The van der Waals surface area contributed by atoms with Gasteiger partial charge in [0.05, 0.1) is 16.9 Å². The summed E-state index contributed by atoms with van der Waals surface area (Å²) in [5.41, 5.74) is 0.683. The predicted octanol–water partition coefficient (Wildman–Crippen LogP) is 2.22. The van der Waals surface area contributed by atoms with Crippen LogP contribution in [0.2, 0.25) is 5.02 Å². The van der Waals surface area contributed by atoms with Crippen LogP contribution in [0.3, 0.4) is 0 Å². The summed E-state index contributed by atoms with van der Waals surface area (Å²) in [6, 6.07) is 6.78. The van der Waals surface area contributed by atoms with Gasteiger partial charge in [-0.15, -0.1) is 0 Å². The van der Waals surface area contributed by atoms with Crippen molar-refractivity contribution in [1.82, 2.24) is 9.78 Å². The monoisotopic (exact) mass is 291 g/mol. The van der Waals surface area contributed by atoms with Crippen molar-refractivity contribution in [1.29, 1.82) is 5.26 Å². The van der Waals surface area contributed by atoms with Gasteiger partial charge < -0.3 is 9.84 Å². The summed E-state index contributed by atoms with van der Waals surface area (Å²) in [7, 11) is 1.62. The first kappa shape index (κ1) is 13.9. The summed E-state index contributed by atoms with van der Waals surface area (Å²) in [4.78, 5) is 11.0. The van der Waals surface area contributed by atoms with E-state index in [2.05, 4.69) is 5.10 Å². The molecule has 1 aromatic carbocycles. The fraction of sp³-hybridized carbons (Fsp3) is 0.154. The fourth-order valence-corrected chi connectivity index (χ4v) is 1.90. The van der Waals surface area contributed by atoms with Crippen LogP contribution in [0.4, 0.5) is 0 Å². The van der Waals surface area contributed by atoms with Gasteiger partial charge in [0.15, 0.2) is 0 Å². The molecule has 1 N–H and O–H groups in total. The van der Waals surface area contributed by atoms with E-state index in [1.54, 1.807) is 25.2 Å². The number of benzene rings is 1. The molecule has 0 bridgehead atoms. The van der Waals surface area contributed by atoms with E-state index in [0.717, 1.165) is 0 Å². The lowest BCUT2D eigenvalue weighted by Crippen LogP contribution is -2.09. The summed E-state index contributed by atoms with van der Waals surface area (Å²) in [6.45, 7) is -0.0207. The smallest absolute Gasteiger partial charge is 0.339 e. The van der Waals surface area contributed by atoms with Crippen molar-refractivity contribution in [2.45, 2.75) is 6.61 Å². The van der Waals surface area contributed by atoms with Crippen molar-refractivity contribution in [3.05, 3.63) is 46.2 Å². The Morgan fingerprint density at radius 1 is 1.60 bits per heavy atom. The van der Waals surface area contributed by atoms with E-state index in [1.807, 2.05) is 6.07 Å². The molecule has 0 spiro atoms. The average Bonchev–Trinajstić information content (AvgIpc) is 2.78. The lowest BCUT2D eigenvalue weighted by atomic mass is 10.2. The minimum absolute atomic E-state index is 0.0207. The number of hydrogen-bond donors (Lipinski definition) is 1. The number of aryl methyl sites for hydroxylation is 1. The van der Waals surface area contributed by atoms with E-state index >= 15 is 0 Å². The SMILES string of the molecule is Cn1ncc(C(=O)O)c1COc1cccc(Cl)c1C#N. The summed E-state index contributed by atoms with van der Waals surface area (Å²) in [5, 5.41) is 22.2. The van der Waals surface area contributed by atoms with Crippen LogP contribution in [0.5, 0.6) is 5.75 Å². The normalized spacial score (nSPS) is 10.1. The maximum atomic E-state index is 11.0. The lowest BCUT2D eigenvalue weighted by Gasteiger charge is -2.09. The Morgan fingerprint density at radius 3 is 3.00 bits per heavy atom. The maximum absolute atomic E-state index is 11.0. The molecular weight excluding hydrogens is 282 g/mol. The standard InChI is InChI=1S/C13H10ClN3O3/c1-17-11(9(6-16-17)13(18)19)7-20-12-4-2-3-10(14)8(12)5-15/h2-4,6H,7H2,1H3,(H,18,19). The maximum Gasteiger partial charge on any atom is 0.339 e. The minimum Gasteiger partial charge on any atom is -0.486 e. The highest BCUT2D eigenvalue weighted by Crippen LogP contribution is 2.26. The van der Waals surface area contributed by atoms with E-state index < -0.39 is 5.97 Å². The van der Waals surface area contributed by atoms with Gasteiger partial charge in [-0.3, -0.25) is 4.68 Å². The number of hydrogen-bond acceptors (Lipinski definition) is 4. The third-order valence-corrected chi connectivity index (χ3v) is 3.06. The van der Waals surface area contributed by atoms with Crippen LogP contribution in [0, 0.1) is 11.3 Å². The van der Waals surface area contributed by atoms with E-state index in [1.165, 1.54) is 10.9 Å². The summed E-state index contributed by atoms with van der Waals surface area (Å²) in [6.07, 6.45) is 1.25. The van der Waals surface area contributed by atoms with E-state index in [-0.39, 0.29) is 22.8 Å². The number of halogens is 1. The molecule has 0 fully saturated rings. The van der Waals surface area contributed by atoms with Crippen molar-refractivity contribution in [2.75, 3.05) is 0 Å². The Kier molecular flexibility index (Phi) is 3.91. The number of aromatic nitrogens is 2. The van der Waals surface area contributed by atoms with Gasteiger partial charge in [0, 0.05) is 7.05 Å². The zero-order valence-corrected chi connectivity index (χ0v) is 11.3. The van der Waals surface area contributed by atoms with Crippen LogP contribution in [0.25, 0.3) is 0 Å². The molecule has 1 heterocycles. The molecule has 0 radical (unpaired) electrons. The van der Waals surface area contributed by atoms with Gasteiger partial charge in [0.25, 0.3) is 0 Å². The molecule has 0 aliphatic carbocycles. The van der Waals surface area contributed by atoms with Gasteiger partial charge >= 0.3 is 5.97 Å². The number of nitriles is 1. The van der Waals surface area contributed by atoms with Crippen LogP contribution in [-0.4, -0.2) is 20.9 Å². The topological polar surface area (TPSA) is 88.1 Å². The number of ether oxygens (including phenoxy) is 1. The minimum atomic E-state index is -1.08. The Bertz CT molecular complexity index is 703. The zero-order chi connectivity index (χ0) is 14.7. The van der Waals surface area contributed by atoms with Gasteiger partial charge in [-0.25, -0.2) is 4.79 Å². The van der Waals surface area contributed by atoms with Crippen LogP contribution in [0.1, 0.15) is 21.6 Å². The molecule has 2 rings (SSSR count). The molecule has 0 unspecified atom stereocenters. The largest absolute Gasteiger partial charge is 0.486 e. The molecule has 0 amide bonds. The third kappa shape index (κ3) is 2.58. The van der Waals surface area contributed by atoms with E-state index in [0.29, 0.717) is 11.4 Å². The number of carbonyl (C=O) groups is 1. The zero-order valence-electron chi connectivity index (χ0n) is 10.5. The molecule has 102 valence electrons. The summed E-state index contributed by atoms with van der Waals surface area (Å²) < 4.78 is 6.91. The molecular formula is C13H10ClN3O3. The Morgan fingerprint density at radius 2 is 2.35 bits per heavy atom. The van der Waals surface area contributed by atoms with E-state index in [9.17, 15) is 4.79 Å². The average molecular weight is 292 g/mol. The van der Waals surface area contributed by atoms with Gasteiger partial charge in [-0.2, -0.15) is 10.4 Å². The molecule has 0 atom stereocenters. The first-order chi connectivity index (χ1) is 9.54. The molecule has 6 nitrogen and oxygen atoms in total. The first-order valence-electron chi connectivity index (χ1n) is 5.60. The van der Waals surface area contributed by atoms with Crippen molar-refractivity contribution in [2.24, 2.45) is 7.05 Å². The highest BCUT2D eigenvalue weighted by Gasteiger charge is 2.16. The van der Waals surface area contributed by atoms with Crippen molar-refractivity contribution >= 4 is 17.6 Å². The Labute approximate surface area is 119 Å². The Hall–Kier alpha value is -2.52. The number of carboxylic acid groups (broad SMARTS) is 1. The van der Waals surface area contributed by atoms with Gasteiger partial charge in [-0.1, -0.05) is 17.7 Å². The number of carboxylic acids is 1. The molecule has 0 saturated carbocycles. The second-order valence-corrected chi connectivity index (χ2v) is 4.35. The van der Waals surface area contributed by atoms with Crippen molar-refractivity contribution in [3.63, 3.8) is 0 Å². The fourth-order valence-electron chi connectivity index (χ4n) is 1.69. The van der Waals surface area contributed by atoms with Gasteiger partial charge in [-0.05, 0) is 12.1 Å². The molecule has 0 aliphatic rings. The van der Waals surface area contributed by atoms with Crippen LogP contribution in [0.15, 0.2) is 24.4 Å². The molecule has 0 aliphatic heterocycles. The molecule has 7 heteroatoms. The van der Waals surface area contributed by atoms with Gasteiger partial charge in [0.2, 0.25) is 0 Å². The highest BCUT2D eigenvalue weighted by atomic mass is 35.5. The van der Waals surface area contributed by atoms with Crippen LogP contribution in [-0.2, 0) is 13.7 Å². The van der Waals surface area contributed by atoms with Crippen LogP contribution < -0.4 is 4.74 Å². The molecule has 2 aromatic rings. The van der Waals surface area contributed by atoms with E-state index in [4.69, 9.17) is 26.7 Å². The predicted molar refractivity (Wildman–Crippen MR) is 70.7 cm³/mol. The molecule has 20 heavy (non-hydrogen) atoms. The quantitative estimate of drug-likeness (QED) is 0.933. The molecule has 1 aromatic heterocycles. The first-order valence-corrected chi connectivity index (χ1v) is 5.98. The summed E-state index contributed by atoms with van der Waals surface area (Å²) in [5.74, 6) is -0.777. The van der Waals surface area contributed by atoms with Crippen molar-refractivity contribution in [3.8, 4) is 11.8 Å². The number of nitrogens with zero attached hydrogens (tertiary/aromatic N) is 3. The Balaban J connectivity index is 2.26.